The Morgan fingerprint density at radius 2 is 1.90 bits per heavy atom. The van der Waals surface area contributed by atoms with Crippen molar-refractivity contribution in [3.63, 3.8) is 0 Å². The van der Waals surface area contributed by atoms with Gasteiger partial charge in [0.15, 0.2) is 18.1 Å². The van der Waals surface area contributed by atoms with Crippen molar-refractivity contribution in [1.82, 2.24) is 5.32 Å². The van der Waals surface area contributed by atoms with Gasteiger partial charge in [-0.2, -0.15) is 0 Å². The molecule has 0 aliphatic heterocycles. The van der Waals surface area contributed by atoms with E-state index >= 15 is 0 Å². The number of carbonyl (C=O) groups is 2. The summed E-state index contributed by atoms with van der Waals surface area (Å²) in [5.41, 5.74) is 4.47. The number of ether oxygens (including phenoxy) is 2. The predicted octanol–water partition coefficient (Wildman–Crippen LogP) is 3.71. The highest BCUT2D eigenvalue weighted by Crippen LogP contribution is 2.27. The quantitative estimate of drug-likeness (QED) is 0.538. The van der Waals surface area contributed by atoms with Gasteiger partial charge < -0.3 is 19.9 Å². The molecule has 2 N–H and O–H groups in total. The molecule has 0 saturated heterocycles. The molecule has 0 saturated carbocycles. The van der Waals surface area contributed by atoms with Gasteiger partial charge in [0.2, 0.25) is 0 Å². The van der Waals surface area contributed by atoms with Crippen molar-refractivity contribution >= 4 is 18.0 Å². The first-order chi connectivity index (χ1) is 14.5. The molecule has 1 amide bonds. The number of aryl methyl sites for hydroxylation is 2. The lowest BCUT2D eigenvalue weighted by atomic mass is 9.89. The van der Waals surface area contributed by atoms with E-state index in [2.05, 4.69) is 23.5 Å². The number of rotatable bonds is 7. The van der Waals surface area contributed by atoms with Crippen LogP contribution in [0.15, 0.2) is 42.5 Å². The normalized spacial score (nSPS) is 14.1. The minimum atomic E-state index is -0.626. The van der Waals surface area contributed by atoms with Gasteiger partial charge in [-0.15, -0.1) is 0 Å². The summed E-state index contributed by atoms with van der Waals surface area (Å²) in [6.45, 7) is 1.57. The number of hydrogen-bond acceptors (Lipinski definition) is 5. The van der Waals surface area contributed by atoms with Gasteiger partial charge in [0.05, 0.1) is 13.2 Å². The molecule has 2 aromatic carbocycles. The van der Waals surface area contributed by atoms with Gasteiger partial charge in [0.1, 0.15) is 0 Å². The lowest BCUT2D eigenvalue weighted by molar-refractivity contribution is -0.144. The van der Waals surface area contributed by atoms with Gasteiger partial charge in [-0.25, -0.2) is 4.79 Å². The summed E-state index contributed by atoms with van der Waals surface area (Å²) in [6, 6.07) is 10.9. The van der Waals surface area contributed by atoms with Crippen LogP contribution >= 0.6 is 0 Å². The Morgan fingerprint density at radius 1 is 1.13 bits per heavy atom. The highest BCUT2D eigenvalue weighted by atomic mass is 16.5. The molecule has 1 aliphatic carbocycles. The number of amides is 1. The van der Waals surface area contributed by atoms with Crippen LogP contribution < -0.4 is 10.1 Å². The van der Waals surface area contributed by atoms with Crippen molar-refractivity contribution in [2.24, 2.45) is 0 Å². The zero-order valence-electron chi connectivity index (χ0n) is 17.3. The fourth-order valence-electron chi connectivity index (χ4n) is 3.54. The van der Waals surface area contributed by atoms with Crippen molar-refractivity contribution < 1.29 is 24.2 Å². The molecule has 158 valence electrons. The Morgan fingerprint density at radius 3 is 2.67 bits per heavy atom. The first kappa shape index (κ1) is 21.4. The standard InChI is InChI=1S/C24H27NO5/c1-16(19-10-9-18-5-3-4-6-20(18)14-19)25-23(27)15-30-24(28)12-8-17-7-11-21(26)22(13-17)29-2/h7-14,16,26H,3-6,15H2,1-2H3,(H,25,27)/b12-8+/t16-/m1/s1. The summed E-state index contributed by atoms with van der Waals surface area (Å²) in [4.78, 5) is 24.0. The fraction of sp³-hybridized carbons (Fsp3) is 0.333. The predicted molar refractivity (Wildman–Crippen MR) is 114 cm³/mol. The number of hydrogen-bond donors (Lipinski definition) is 2. The van der Waals surface area contributed by atoms with E-state index in [9.17, 15) is 14.7 Å². The SMILES string of the molecule is COc1cc(/C=C/C(=O)OCC(=O)N[C@H](C)c2ccc3c(c2)CCCC3)ccc1O. The van der Waals surface area contributed by atoms with Crippen molar-refractivity contribution in [3.05, 3.63) is 64.7 Å². The third kappa shape index (κ3) is 5.63. The molecule has 0 heterocycles. The van der Waals surface area contributed by atoms with E-state index in [1.165, 1.54) is 49.3 Å². The summed E-state index contributed by atoms with van der Waals surface area (Å²) in [5, 5.41) is 12.5. The zero-order valence-corrected chi connectivity index (χ0v) is 17.3. The molecule has 0 fully saturated rings. The number of methoxy groups -OCH3 is 1. The molecule has 6 heteroatoms. The van der Waals surface area contributed by atoms with Crippen LogP contribution in [0.1, 0.15) is 48.1 Å². The summed E-state index contributed by atoms with van der Waals surface area (Å²) >= 11 is 0. The lowest BCUT2D eigenvalue weighted by Crippen LogP contribution is -2.31. The maximum Gasteiger partial charge on any atom is 0.331 e. The number of nitrogens with one attached hydrogen (secondary N) is 1. The second-order valence-electron chi connectivity index (χ2n) is 7.40. The zero-order chi connectivity index (χ0) is 21.5. The molecule has 3 rings (SSSR count). The van der Waals surface area contributed by atoms with Crippen LogP contribution in [0.5, 0.6) is 11.5 Å². The molecule has 0 unspecified atom stereocenters. The first-order valence-electron chi connectivity index (χ1n) is 10.1. The monoisotopic (exact) mass is 409 g/mol. The van der Waals surface area contributed by atoms with E-state index in [4.69, 9.17) is 9.47 Å². The Kier molecular flexibility index (Phi) is 7.12. The topological polar surface area (TPSA) is 84.9 Å². The second-order valence-corrected chi connectivity index (χ2v) is 7.40. The smallest absolute Gasteiger partial charge is 0.331 e. The lowest BCUT2D eigenvalue weighted by Gasteiger charge is -2.20. The van der Waals surface area contributed by atoms with E-state index < -0.39 is 5.97 Å². The van der Waals surface area contributed by atoms with E-state index in [0.717, 1.165) is 18.4 Å². The number of esters is 1. The number of benzene rings is 2. The number of phenolic OH excluding ortho intramolecular Hbond substituents is 1. The van der Waals surface area contributed by atoms with Crippen molar-refractivity contribution in [2.75, 3.05) is 13.7 Å². The number of carbonyl (C=O) groups excluding carboxylic acids is 2. The maximum atomic E-state index is 12.2. The first-order valence-corrected chi connectivity index (χ1v) is 10.1. The molecule has 0 spiro atoms. The van der Waals surface area contributed by atoms with E-state index in [1.54, 1.807) is 12.1 Å². The number of fused-ring (bicyclic) bond motifs is 1. The van der Waals surface area contributed by atoms with Gasteiger partial charge in [0, 0.05) is 6.08 Å². The summed E-state index contributed by atoms with van der Waals surface area (Å²) in [6.07, 6.45) is 7.40. The van der Waals surface area contributed by atoms with Gasteiger partial charge in [-0.05, 0) is 73.1 Å². The van der Waals surface area contributed by atoms with Gasteiger partial charge >= 0.3 is 5.97 Å². The second kappa shape index (κ2) is 9.96. The van der Waals surface area contributed by atoms with Crippen molar-refractivity contribution in [3.8, 4) is 11.5 Å². The van der Waals surface area contributed by atoms with Crippen LogP contribution in [0, 0.1) is 0 Å². The van der Waals surface area contributed by atoms with Crippen LogP contribution in [0.4, 0.5) is 0 Å². The fourth-order valence-corrected chi connectivity index (χ4v) is 3.54. The van der Waals surface area contributed by atoms with Crippen LogP contribution in [0.2, 0.25) is 0 Å². The molecule has 1 aliphatic rings. The van der Waals surface area contributed by atoms with Gasteiger partial charge in [-0.1, -0.05) is 24.3 Å². The number of phenols is 1. The molecule has 0 bridgehead atoms. The van der Waals surface area contributed by atoms with E-state index in [-0.39, 0.29) is 24.3 Å². The van der Waals surface area contributed by atoms with E-state index in [1.807, 2.05) is 6.92 Å². The van der Waals surface area contributed by atoms with Crippen LogP contribution in [0.3, 0.4) is 0 Å². The molecular formula is C24H27NO5. The molecule has 2 aromatic rings. The van der Waals surface area contributed by atoms with Gasteiger partial charge in [-0.3, -0.25) is 4.79 Å². The average Bonchev–Trinajstić information content (AvgIpc) is 2.76. The molecule has 1 atom stereocenters. The molecule has 0 aromatic heterocycles. The van der Waals surface area contributed by atoms with E-state index in [0.29, 0.717) is 11.3 Å². The molecule has 6 nitrogen and oxygen atoms in total. The average molecular weight is 409 g/mol. The third-order valence-corrected chi connectivity index (χ3v) is 5.21. The van der Waals surface area contributed by atoms with Crippen LogP contribution in [0.25, 0.3) is 6.08 Å². The third-order valence-electron chi connectivity index (χ3n) is 5.21. The highest BCUT2D eigenvalue weighted by Gasteiger charge is 2.15. The highest BCUT2D eigenvalue weighted by molar-refractivity contribution is 5.89. The van der Waals surface area contributed by atoms with Crippen molar-refractivity contribution in [2.45, 2.75) is 38.6 Å². The largest absolute Gasteiger partial charge is 0.504 e. The Bertz CT molecular complexity index is 951. The van der Waals surface area contributed by atoms with Crippen LogP contribution in [-0.4, -0.2) is 30.7 Å². The molecular weight excluding hydrogens is 382 g/mol. The molecule has 30 heavy (non-hydrogen) atoms. The summed E-state index contributed by atoms with van der Waals surface area (Å²) in [7, 11) is 1.45. The minimum Gasteiger partial charge on any atom is -0.504 e. The number of aromatic hydroxyl groups is 1. The Balaban J connectivity index is 1.48. The molecule has 0 radical (unpaired) electrons. The van der Waals surface area contributed by atoms with Crippen LogP contribution in [-0.2, 0) is 27.2 Å². The summed E-state index contributed by atoms with van der Waals surface area (Å²) < 4.78 is 10.0. The van der Waals surface area contributed by atoms with Gasteiger partial charge in [0.25, 0.3) is 5.91 Å². The maximum absolute atomic E-state index is 12.2. The van der Waals surface area contributed by atoms with Crippen molar-refractivity contribution in [1.29, 1.82) is 0 Å². The Labute approximate surface area is 176 Å². The minimum absolute atomic E-state index is 0.0157. The Hall–Kier alpha value is -3.28. The summed E-state index contributed by atoms with van der Waals surface area (Å²) in [5.74, 6) is -0.657.